The van der Waals surface area contributed by atoms with Gasteiger partial charge in [0.25, 0.3) is 0 Å². The van der Waals surface area contributed by atoms with Gasteiger partial charge in [-0.05, 0) is 48.1 Å². The first-order valence-electron chi connectivity index (χ1n) is 10.2. The number of amides is 1. The van der Waals surface area contributed by atoms with Crippen LogP contribution in [0.1, 0.15) is 32.3 Å². The standard InChI is InChI=1S/C22H31N5OS.HI/c1-16(2)21(28)25-18-8-6-17(7-9-18)15-24-22(23-3)26-19-10-12-27(13-11-19)20-5-4-14-29-20;/h4-9,14,16,19H,10-13,15H2,1-3H3,(H,25,28)(H2,23,24,26);1H. The van der Waals surface area contributed by atoms with Crippen molar-refractivity contribution >= 4 is 57.9 Å². The number of nitrogens with one attached hydrogen (secondary N) is 3. The Morgan fingerprint density at radius 3 is 2.47 bits per heavy atom. The Hall–Kier alpha value is -1.81. The number of anilines is 2. The van der Waals surface area contributed by atoms with E-state index in [9.17, 15) is 4.79 Å². The van der Waals surface area contributed by atoms with Crippen molar-refractivity contribution in [3.8, 4) is 0 Å². The Morgan fingerprint density at radius 1 is 1.20 bits per heavy atom. The van der Waals surface area contributed by atoms with Crippen LogP contribution in [0.5, 0.6) is 0 Å². The minimum Gasteiger partial charge on any atom is -0.363 e. The highest BCUT2D eigenvalue weighted by Gasteiger charge is 2.20. The topological polar surface area (TPSA) is 68.8 Å². The van der Waals surface area contributed by atoms with Crippen molar-refractivity contribution in [2.75, 3.05) is 30.4 Å². The number of hydrogen-bond acceptors (Lipinski definition) is 4. The number of hydrogen-bond donors (Lipinski definition) is 3. The largest absolute Gasteiger partial charge is 0.363 e. The number of aliphatic imine (C=N–C) groups is 1. The molecule has 0 unspecified atom stereocenters. The number of carbonyl (C=O) groups is 1. The summed E-state index contributed by atoms with van der Waals surface area (Å²) < 4.78 is 0. The zero-order chi connectivity index (χ0) is 20.6. The van der Waals surface area contributed by atoms with Crippen LogP contribution >= 0.6 is 35.3 Å². The molecule has 1 aliphatic rings. The van der Waals surface area contributed by atoms with Gasteiger partial charge >= 0.3 is 0 Å². The quantitative estimate of drug-likeness (QED) is 0.290. The van der Waals surface area contributed by atoms with Crippen LogP contribution in [0.15, 0.2) is 46.8 Å². The highest BCUT2D eigenvalue weighted by atomic mass is 127. The molecule has 1 aromatic carbocycles. The number of rotatable bonds is 6. The summed E-state index contributed by atoms with van der Waals surface area (Å²) in [6, 6.07) is 12.7. The van der Waals surface area contributed by atoms with Crippen molar-refractivity contribution in [2.24, 2.45) is 10.9 Å². The van der Waals surface area contributed by atoms with Gasteiger partial charge < -0.3 is 20.9 Å². The summed E-state index contributed by atoms with van der Waals surface area (Å²) in [7, 11) is 1.81. The first-order valence-corrected chi connectivity index (χ1v) is 11.1. The van der Waals surface area contributed by atoms with E-state index in [-0.39, 0.29) is 35.8 Å². The molecule has 30 heavy (non-hydrogen) atoms. The minimum absolute atomic E-state index is 0. The Morgan fingerprint density at radius 2 is 1.90 bits per heavy atom. The van der Waals surface area contributed by atoms with Gasteiger partial charge in [0.2, 0.25) is 5.91 Å². The molecule has 0 bridgehead atoms. The fourth-order valence-corrected chi connectivity index (χ4v) is 4.05. The number of carbonyl (C=O) groups excluding carboxylic acids is 1. The monoisotopic (exact) mass is 541 g/mol. The Balaban J connectivity index is 0.00000320. The highest BCUT2D eigenvalue weighted by Crippen LogP contribution is 2.24. The van der Waals surface area contributed by atoms with E-state index in [0.29, 0.717) is 12.6 Å². The molecule has 0 spiro atoms. The van der Waals surface area contributed by atoms with Crippen LogP contribution < -0.4 is 20.9 Å². The maximum Gasteiger partial charge on any atom is 0.226 e. The van der Waals surface area contributed by atoms with Crippen LogP contribution in [0, 0.1) is 5.92 Å². The van der Waals surface area contributed by atoms with Crippen molar-refractivity contribution in [2.45, 2.75) is 39.3 Å². The van der Waals surface area contributed by atoms with E-state index in [1.807, 2.05) is 38.1 Å². The predicted molar refractivity (Wildman–Crippen MR) is 138 cm³/mol. The number of thiophene rings is 1. The number of guanidine groups is 1. The lowest BCUT2D eigenvalue weighted by molar-refractivity contribution is -0.118. The third-order valence-corrected chi connectivity index (χ3v) is 6.01. The maximum absolute atomic E-state index is 11.8. The first kappa shape index (κ1) is 24.5. The van der Waals surface area contributed by atoms with Gasteiger partial charge in [0.05, 0.1) is 5.00 Å². The number of piperidine rings is 1. The van der Waals surface area contributed by atoms with Gasteiger partial charge in [0.1, 0.15) is 0 Å². The van der Waals surface area contributed by atoms with Crippen molar-refractivity contribution in [1.82, 2.24) is 10.6 Å². The average molecular weight is 542 g/mol. The van der Waals surface area contributed by atoms with E-state index >= 15 is 0 Å². The molecule has 3 rings (SSSR count). The number of nitrogens with zero attached hydrogens (tertiary/aromatic N) is 2. The fourth-order valence-electron chi connectivity index (χ4n) is 3.26. The summed E-state index contributed by atoms with van der Waals surface area (Å²) in [4.78, 5) is 18.6. The molecule has 2 aromatic rings. The van der Waals surface area contributed by atoms with Crippen molar-refractivity contribution in [3.63, 3.8) is 0 Å². The second kappa shape index (κ2) is 12.1. The molecule has 0 aliphatic carbocycles. The lowest BCUT2D eigenvalue weighted by Gasteiger charge is -2.33. The zero-order valence-corrected chi connectivity index (χ0v) is 21.0. The van der Waals surface area contributed by atoms with Crippen molar-refractivity contribution in [1.29, 1.82) is 0 Å². The SMILES string of the molecule is CN=C(NCc1ccc(NC(=O)C(C)C)cc1)NC1CCN(c2cccs2)CC1.I. The summed E-state index contributed by atoms with van der Waals surface area (Å²) in [6.45, 7) is 6.60. The van der Waals surface area contributed by atoms with E-state index in [1.54, 1.807) is 18.4 Å². The third kappa shape index (κ3) is 7.16. The van der Waals surface area contributed by atoms with Crippen molar-refractivity contribution in [3.05, 3.63) is 47.3 Å². The summed E-state index contributed by atoms with van der Waals surface area (Å²) in [6.07, 6.45) is 2.20. The van der Waals surface area contributed by atoms with Crippen molar-refractivity contribution < 1.29 is 4.79 Å². The molecule has 0 saturated carbocycles. The summed E-state index contributed by atoms with van der Waals surface area (Å²) in [5.41, 5.74) is 1.97. The molecule has 1 saturated heterocycles. The van der Waals surface area contributed by atoms with E-state index in [0.717, 1.165) is 43.1 Å². The predicted octanol–water partition coefficient (Wildman–Crippen LogP) is 4.29. The van der Waals surface area contributed by atoms with Gasteiger partial charge in [-0.15, -0.1) is 35.3 Å². The van der Waals surface area contributed by atoms with Gasteiger partial charge in [-0.25, -0.2) is 0 Å². The van der Waals surface area contributed by atoms with Crippen LogP contribution in [-0.4, -0.2) is 38.0 Å². The Kier molecular flexibility index (Phi) is 9.90. The Bertz CT molecular complexity index is 799. The lowest BCUT2D eigenvalue weighted by atomic mass is 10.1. The molecule has 0 radical (unpaired) electrons. The molecule has 3 N–H and O–H groups in total. The third-order valence-electron chi connectivity index (χ3n) is 5.08. The molecule has 1 fully saturated rings. The summed E-state index contributed by atoms with van der Waals surface area (Å²) in [5.74, 6) is 0.838. The van der Waals surface area contributed by atoms with Crippen LogP contribution in [0.25, 0.3) is 0 Å². The van der Waals surface area contributed by atoms with Crippen LogP contribution in [0.2, 0.25) is 0 Å². The van der Waals surface area contributed by atoms with E-state index in [4.69, 9.17) is 0 Å². The molecule has 2 heterocycles. The molecule has 1 aromatic heterocycles. The smallest absolute Gasteiger partial charge is 0.226 e. The molecule has 1 amide bonds. The minimum atomic E-state index is -0.0251. The first-order chi connectivity index (χ1) is 14.0. The number of halogens is 1. The van der Waals surface area contributed by atoms with E-state index in [2.05, 4.69) is 43.4 Å². The van der Waals surface area contributed by atoms with Crippen LogP contribution in [-0.2, 0) is 11.3 Å². The lowest BCUT2D eigenvalue weighted by Crippen LogP contribution is -2.48. The van der Waals surface area contributed by atoms with Crippen LogP contribution in [0.4, 0.5) is 10.7 Å². The fraction of sp³-hybridized carbons (Fsp3) is 0.455. The van der Waals surface area contributed by atoms with Gasteiger partial charge in [0.15, 0.2) is 5.96 Å². The zero-order valence-electron chi connectivity index (χ0n) is 17.9. The van der Waals surface area contributed by atoms with E-state index < -0.39 is 0 Å². The normalized spacial score (nSPS) is 14.9. The second-order valence-electron chi connectivity index (χ2n) is 7.62. The van der Waals surface area contributed by atoms with Gasteiger partial charge in [-0.1, -0.05) is 26.0 Å². The summed E-state index contributed by atoms with van der Waals surface area (Å²) >= 11 is 1.81. The van der Waals surface area contributed by atoms with Gasteiger partial charge in [-0.3, -0.25) is 9.79 Å². The maximum atomic E-state index is 11.8. The van der Waals surface area contributed by atoms with E-state index in [1.165, 1.54) is 5.00 Å². The second-order valence-corrected chi connectivity index (χ2v) is 8.55. The molecule has 0 atom stereocenters. The molecule has 1 aliphatic heterocycles. The van der Waals surface area contributed by atoms with Crippen LogP contribution in [0.3, 0.4) is 0 Å². The highest BCUT2D eigenvalue weighted by molar-refractivity contribution is 14.0. The average Bonchev–Trinajstić information content (AvgIpc) is 3.27. The molecular weight excluding hydrogens is 509 g/mol. The number of benzene rings is 1. The Labute approximate surface area is 200 Å². The van der Waals surface area contributed by atoms with Gasteiger partial charge in [0, 0.05) is 44.3 Å². The van der Waals surface area contributed by atoms with Gasteiger partial charge in [-0.2, -0.15) is 0 Å². The summed E-state index contributed by atoms with van der Waals surface area (Å²) in [5, 5.41) is 13.3. The molecule has 6 nitrogen and oxygen atoms in total. The molecule has 164 valence electrons. The molecular formula is C22H32IN5OS. The molecule has 8 heteroatoms.